The molecule has 0 aromatic carbocycles. The second-order valence-electron chi connectivity index (χ2n) is 3.39. The molecule has 5 nitrogen and oxygen atoms in total. The first kappa shape index (κ1) is 13.4. The zero-order chi connectivity index (χ0) is 11.0. The zero-order valence-electron chi connectivity index (χ0n) is 9.12. The van der Waals surface area contributed by atoms with Gasteiger partial charge < -0.3 is 15.2 Å². The number of carbonyl (C=O) groups is 1. The van der Waals surface area contributed by atoms with Crippen LogP contribution >= 0.6 is 0 Å². The highest BCUT2D eigenvalue weighted by atomic mass is 16.5. The van der Waals surface area contributed by atoms with E-state index in [2.05, 4.69) is 5.32 Å². The Hall–Kier alpha value is -0.650. The van der Waals surface area contributed by atoms with Gasteiger partial charge in [0.2, 0.25) is 5.91 Å². The van der Waals surface area contributed by atoms with E-state index >= 15 is 0 Å². The molecule has 0 aliphatic heterocycles. The third kappa shape index (κ3) is 6.82. The van der Waals surface area contributed by atoms with E-state index in [0.717, 1.165) is 0 Å². The van der Waals surface area contributed by atoms with Crippen LogP contribution in [0, 0.1) is 0 Å². The Morgan fingerprint density at radius 1 is 1.64 bits per heavy atom. The van der Waals surface area contributed by atoms with Gasteiger partial charge in [-0.1, -0.05) is 0 Å². The smallest absolute Gasteiger partial charge is 0.234 e. The van der Waals surface area contributed by atoms with Crippen LogP contribution in [-0.2, 0) is 9.53 Å². The molecule has 1 atom stereocenters. The van der Waals surface area contributed by atoms with Crippen molar-refractivity contribution in [1.82, 2.24) is 10.2 Å². The van der Waals surface area contributed by atoms with Crippen LogP contribution in [0.25, 0.3) is 0 Å². The minimum absolute atomic E-state index is 0.0232. The van der Waals surface area contributed by atoms with Crippen molar-refractivity contribution in [3.8, 4) is 0 Å². The second kappa shape index (κ2) is 7.73. The average molecular weight is 204 g/mol. The molecule has 0 heterocycles. The maximum Gasteiger partial charge on any atom is 0.234 e. The third-order valence-electron chi connectivity index (χ3n) is 1.72. The summed E-state index contributed by atoms with van der Waals surface area (Å²) in [6, 6.07) is 0.0232. The van der Waals surface area contributed by atoms with Gasteiger partial charge in [-0.25, -0.2) is 0 Å². The van der Waals surface area contributed by atoms with Crippen LogP contribution in [0.1, 0.15) is 6.92 Å². The molecular weight excluding hydrogens is 184 g/mol. The van der Waals surface area contributed by atoms with Crippen LogP contribution < -0.4 is 5.32 Å². The van der Waals surface area contributed by atoms with Gasteiger partial charge in [-0.15, -0.1) is 0 Å². The van der Waals surface area contributed by atoms with Crippen molar-refractivity contribution in [1.29, 1.82) is 0 Å². The first-order chi connectivity index (χ1) is 6.60. The van der Waals surface area contributed by atoms with Gasteiger partial charge in [-0.05, 0) is 14.0 Å². The Bertz CT molecular complexity index is 148. The Balaban J connectivity index is 3.63. The lowest BCUT2D eigenvalue weighted by Crippen LogP contribution is -2.42. The van der Waals surface area contributed by atoms with Crippen LogP contribution in [0.15, 0.2) is 0 Å². The van der Waals surface area contributed by atoms with E-state index in [1.807, 2.05) is 6.92 Å². The lowest BCUT2D eigenvalue weighted by Gasteiger charge is -2.17. The van der Waals surface area contributed by atoms with E-state index in [4.69, 9.17) is 9.84 Å². The molecule has 0 fully saturated rings. The summed E-state index contributed by atoms with van der Waals surface area (Å²) >= 11 is 0. The molecule has 0 radical (unpaired) electrons. The highest BCUT2D eigenvalue weighted by Crippen LogP contribution is 1.85. The van der Waals surface area contributed by atoms with Crippen molar-refractivity contribution in [3.05, 3.63) is 0 Å². The molecule has 0 saturated heterocycles. The number of methoxy groups -OCH3 is 1. The van der Waals surface area contributed by atoms with Gasteiger partial charge in [-0.2, -0.15) is 0 Å². The van der Waals surface area contributed by atoms with E-state index in [0.29, 0.717) is 19.7 Å². The minimum Gasteiger partial charge on any atom is -0.395 e. The molecule has 0 rings (SSSR count). The molecule has 2 N–H and O–H groups in total. The van der Waals surface area contributed by atoms with Crippen molar-refractivity contribution >= 4 is 5.91 Å². The standard InChI is InChI=1S/C9H20N2O3/c1-8(7-14-3)10-9(13)6-11(2)4-5-12/h8,12H,4-7H2,1-3H3,(H,10,13). The predicted molar refractivity (Wildman–Crippen MR) is 54.1 cm³/mol. The van der Waals surface area contributed by atoms with Crippen LogP contribution in [-0.4, -0.2) is 62.4 Å². The summed E-state index contributed by atoms with van der Waals surface area (Å²) in [4.78, 5) is 13.1. The minimum atomic E-state index is -0.0505. The summed E-state index contributed by atoms with van der Waals surface area (Å²) in [5.41, 5.74) is 0. The SMILES string of the molecule is COCC(C)NC(=O)CN(C)CCO. The maximum absolute atomic E-state index is 11.3. The van der Waals surface area contributed by atoms with Crippen molar-refractivity contribution in [2.45, 2.75) is 13.0 Å². The number of hydrogen-bond acceptors (Lipinski definition) is 4. The number of nitrogens with zero attached hydrogens (tertiary/aromatic N) is 1. The predicted octanol–water partition coefficient (Wildman–Crippen LogP) is -0.938. The van der Waals surface area contributed by atoms with Crippen LogP contribution in [0.2, 0.25) is 0 Å². The summed E-state index contributed by atoms with van der Waals surface area (Å²) in [6.45, 7) is 3.26. The first-order valence-corrected chi connectivity index (χ1v) is 4.67. The highest BCUT2D eigenvalue weighted by Gasteiger charge is 2.08. The quantitative estimate of drug-likeness (QED) is 0.562. The lowest BCUT2D eigenvalue weighted by molar-refractivity contribution is -0.122. The van der Waals surface area contributed by atoms with Crippen LogP contribution in [0.3, 0.4) is 0 Å². The van der Waals surface area contributed by atoms with Gasteiger partial charge in [0.25, 0.3) is 0 Å². The van der Waals surface area contributed by atoms with Crippen molar-refractivity contribution in [2.75, 3.05) is 40.5 Å². The van der Waals surface area contributed by atoms with Gasteiger partial charge in [0.15, 0.2) is 0 Å². The van der Waals surface area contributed by atoms with Crippen LogP contribution in [0.4, 0.5) is 0 Å². The molecule has 84 valence electrons. The maximum atomic E-state index is 11.3. The Morgan fingerprint density at radius 2 is 2.29 bits per heavy atom. The molecule has 0 aromatic rings. The number of ether oxygens (including phenoxy) is 1. The van der Waals surface area contributed by atoms with Crippen LogP contribution in [0.5, 0.6) is 0 Å². The van der Waals surface area contributed by atoms with Gasteiger partial charge in [0.05, 0.1) is 19.8 Å². The van der Waals surface area contributed by atoms with E-state index in [1.165, 1.54) is 0 Å². The normalized spacial score (nSPS) is 12.9. The molecule has 0 spiro atoms. The summed E-state index contributed by atoms with van der Waals surface area (Å²) in [7, 11) is 3.39. The average Bonchev–Trinajstić information content (AvgIpc) is 2.03. The van der Waals surface area contributed by atoms with E-state index < -0.39 is 0 Å². The molecule has 0 aromatic heterocycles. The fraction of sp³-hybridized carbons (Fsp3) is 0.889. The van der Waals surface area contributed by atoms with Crippen molar-refractivity contribution in [2.24, 2.45) is 0 Å². The molecule has 0 aliphatic carbocycles. The largest absolute Gasteiger partial charge is 0.395 e. The third-order valence-corrected chi connectivity index (χ3v) is 1.72. The number of likely N-dealkylation sites (N-methyl/N-ethyl adjacent to an activating group) is 1. The summed E-state index contributed by atoms with van der Waals surface area (Å²) in [5, 5.41) is 11.4. The highest BCUT2D eigenvalue weighted by molar-refractivity contribution is 5.78. The number of carbonyl (C=O) groups excluding carboxylic acids is 1. The number of aliphatic hydroxyl groups is 1. The van der Waals surface area contributed by atoms with Gasteiger partial charge in [0, 0.05) is 19.7 Å². The lowest BCUT2D eigenvalue weighted by atomic mass is 10.3. The molecule has 5 heteroatoms. The van der Waals surface area contributed by atoms with Crippen molar-refractivity contribution in [3.63, 3.8) is 0 Å². The first-order valence-electron chi connectivity index (χ1n) is 4.67. The molecule has 0 bridgehead atoms. The molecule has 0 aliphatic rings. The van der Waals surface area contributed by atoms with Gasteiger partial charge >= 0.3 is 0 Å². The zero-order valence-corrected chi connectivity index (χ0v) is 9.12. The fourth-order valence-electron chi connectivity index (χ4n) is 1.11. The van der Waals surface area contributed by atoms with Crippen molar-refractivity contribution < 1.29 is 14.6 Å². The Morgan fingerprint density at radius 3 is 2.79 bits per heavy atom. The Labute approximate surface area is 85.0 Å². The Kier molecular flexibility index (Phi) is 7.37. The molecule has 1 unspecified atom stereocenters. The molecule has 14 heavy (non-hydrogen) atoms. The number of aliphatic hydroxyl groups excluding tert-OH is 1. The molecule has 1 amide bonds. The summed E-state index contributed by atoms with van der Waals surface area (Å²) in [6.07, 6.45) is 0. The van der Waals surface area contributed by atoms with E-state index in [-0.39, 0.29) is 18.6 Å². The molecular formula is C9H20N2O3. The fourth-order valence-corrected chi connectivity index (χ4v) is 1.11. The summed E-state index contributed by atoms with van der Waals surface area (Å²) in [5.74, 6) is -0.0505. The summed E-state index contributed by atoms with van der Waals surface area (Å²) < 4.78 is 4.89. The number of amides is 1. The number of rotatable bonds is 7. The number of hydrogen-bond donors (Lipinski definition) is 2. The number of nitrogens with one attached hydrogen (secondary N) is 1. The van der Waals surface area contributed by atoms with Gasteiger partial charge in [-0.3, -0.25) is 9.69 Å². The van der Waals surface area contributed by atoms with Gasteiger partial charge in [0.1, 0.15) is 0 Å². The second-order valence-corrected chi connectivity index (χ2v) is 3.39. The van der Waals surface area contributed by atoms with E-state index in [9.17, 15) is 4.79 Å². The van der Waals surface area contributed by atoms with E-state index in [1.54, 1.807) is 19.1 Å². The topological polar surface area (TPSA) is 61.8 Å². The monoisotopic (exact) mass is 204 g/mol. The molecule has 0 saturated carbocycles.